The molecule has 2 unspecified atom stereocenters. The lowest BCUT2D eigenvalue weighted by atomic mass is 9.95. The number of aliphatic hydroxyl groups excluding tert-OH is 1. The predicted molar refractivity (Wildman–Crippen MR) is 77.3 cm³/mol. The Kier molecular flexibility index (Phi) is 4.43. The fraction of sp³-hybridized carbons (Fsp3) is 0.412. The molecule has 2 rings (SSSR count). The molecule has 0 saturated carbocycles. The van der Waals surface area contributed by atoms with Crippen molar-refractivity contribution in [3.05, 3.63) is 59.0 Å². The van der Waals surface area contributed by atoms with Crippen molar-refractivity contribution in [2.24, 2.45) is 0 Å². The second-order valence-electron chi connectivity index (χ2n) is 5.03. The monoisotopic (exact) mass is 258 g/mol. The SMILES string of the molecule is CCc1occc1C(O)c1ccc(C(C)CC)cc1. The van der Waals surface area contributed by atoms with Crippen molar-refractivity contribution in [2.45, 2.75) is 45.6 Å². The molecular weight excluding hydrogens is 236 g/mol. The number of aliphatic hydroxyl groups is 1. The highest BCUT2D eigenvalue weighted by Crippen LogP contribution is 2.28. The topological polar surface area (TPSA) is 33.4 Å². The molecule has 1 heterocycles. The van der Waals surface area contributed by atoms with Crippen LogP contribution in [0.3, 0.4) is 0 Å². The van der Waals surface area contributed by atoms with E-state index in [1.807, 2.05) is 25.1 Å². The van der Waals surface area contributed by atoms with E-state index in [2.05, 4.69) is 26.0 Å². The molecule has 19 heavy (non-hydrogen) atoms. The van der Waals surface area contributed by atoms with E-state index in [1.54, 1.807) is 6.26 Å². The van der Waals surface area contributed by atoms with Crippen LogP contribution in [0.5, 0.6) is 0 Å². The number of rotatable bonds is 5. The van der Waals surface area contributed by atoms with Gasteiger partial charge in [-0.3, -0.25) is 0 Å². The number of benzene rings is 1. The quantitative estimate of drug-likeness (QED) is 0.860. The molecule has 0 fully saturated rings. The van der Waals surface area contributed by atoms with Gasteiger partial charge < -0.3 is 9.52 Å². The van der Waals surface area contributed by atoms with Gasteiger partial charge in [-0.05, 0) is 29.5 Å². The molecule has 2 aromatic rings. The Hall–Kier alpha value is -1.54. The lowest BCUT2D eigenvalue weighted by Gasteiger charge is -2.13. The van der Waals surface area contributed by atoms with E-state index in [4.69, 9.17) is 4.42 Å². The largest absolute Gasteiger partial charge is 0.469 e. The minimum absolute atomic E-state index is 0.561. The summed E-state index contributed by atoms with van der Waals surface area (Å²) in [6, 6.07) is 10.1. The maximum atomic E-state index is 10.4. The first-order valence-electron chi connectivity index (χ1n) is 7.01. The van der Waals surface area contributed by atoms with Gasteiger partial charge in [-0.1, -0.05) is 45.0 Å². The van der Waals surface area contributed by atoms with Gasteiger partial charge in [0.2, 0.25) is 0 Å². The standard InChI is InChI=1S/C17H22O2/c1-4-12(3)13-6-8-14(9-7-13)17(18)15-10-11-19-16(15)5-2/h6-12,17-18H,4-5H2,1-3H3. The summed E-state index contributed by atoms with van der Waals surface area (Å²) in [5.74, 6) is 1.42. The molecule has 2 nitrogen and oxygen atoms in total. The van der Waals surface area contributed by atoms with Gasteiger partial charge in [-0.25, -0.2) is 0 Å². The van der Waals surface area contributed by atoms with Crippen LogP contribution in [-0.2, 0) is 6.42 Å². The van der Waals surface area contributed by atoms with Crippen molar-refractivity contribution < 1.29 is 9.52 Å². The third kappa shape index (κ3) is 2.90. The van der Waals surface area contributed by atoms with E-state index in [9.17, 15) is 5.11 Å². The number of hydrogen-bond donors (Lipinski definition) is 1. The fourth-order valence-electron chi connectivity index (χ4n) is 2.30. The van der Waals surface area contributed by atoms with Crippen molar-refractivity contribution in [2.75, 3.05) is 0 Å². The second-order valence-corrected chi connectivity index (χ2v) is 5.03. The summed E-state index contributed by atoms with van der Waals surface area (Å²) in [6.07, 6.45) is 2.97. The molecule has 2 atom stereocenters. The highest BCUT2D eigenvalue weighted by molar-refractivity contribution is 5.34. The van der Waals surface area contributed by atoms with E-state index < -0.39 is 6.10 Å². The van der Waals surface area contributed by atoms with Crippen LogP contribution in [0.15, 0.2) is 41.0 Å². The van der Waals surface area contributed by atoms with Crippen LogP contribution in [0, 0.1) is 0 Å². The normalized spacial score (nSPS) is 14.3. The summed E-state index contributed by atoms with van der Waals surface area (Å²) >= 11 is 0. The first kappa shape index (κ1) is 13.9. The van der Waals surface area contributed by atoms with Crippen LogP contribution in [0.25, 0.3) is 0 Å². The Bertz CT molecular complexity index is 510. The van der Waals surface area contributed by atoms with Crippen LogP contribution >= 0.6 is 0 Å². The first-order chi connectivity index (χ1) is 9.17. The molecule has 1 aromatic heterocycles. The van der Waals surface area contributed by atoms with Gasteiger partial charge in [0.25, 0.3) is 0 Å². The highest BCUT2D eigenvalue weighted by Gasteiger charge is 2.16. The van der Waals surface area contributed by atoms with Crippen LogP contribution in [-0.4, -0.2) is 5.11 Å². The van der Waals surface area contributed by atoms with Gasteiger partial charge in [0.1, 0.15) is 11.9 Å². The molecular formula is C17H22O2. The molecule has 0 spiro atoms. The third-order valence-electron chi connectivity index (χ3n) is 3.83. The summed E-state index contributed by atoms with van der Waals surface area (Å²) in [5, 5.41) is 10.4. The van der Waals surface area contributed by atoms with Crippen LogP contribution in [0.1, 0.15) is 61.7 Å². The smallest absolute Gasteiger partial charge is 0.109 e. The van der Waals surface area contributed by atoms with Gasteiger partial charge in [-0.15, -0.1) is 0 Å². The van der Waals surface area contributed by atoms with Crippen LogP contribution in [0.2, 0.25) is 0 Å². The molecule has 0 saturated heterocycles. The van der Waals surface area contributed by atoms with Gasteiger partial charge in [0.05, 0.1) is 6.26 Å². The van der Waals surface area contributed by atoms with Crippen molar-refractivity contribution >= 4 is 0 Å². The van der Waals surface area contributed by atoms with Crippen molar-refractivity contribution in [1.29, 1.82) is 0 Å². The first-order valence-corrected chi connectivity index (χ1v) is 7.01. The Morgan fingerprint density at radius 1 is 1.05 bits per heavy atom. The molecule has 0 radical (unpaired) electrons. The lowest BCUT2D eigenvalue weighted by molar-refractivity contribution is 0.217. The predicted octanol–water partition coefficient (Wildman–Crippen LogP) is 4.44. The van der Waals surface area contributed by atoms with Gasteiger partial charge in [0, 0.05) is 12.0 Å². The Balaban J connectivity index is 2.22. The van der Waals surface area contributed by atoms with E-state index in [1.165, 1.54) is 5.56 Å². The minimum Gasteiger partial charge on any atom is -0.469 e. The second kappa shape index (κ2) is 6.07. The Morgan fingerprint density at radius 3 is 2.26 bits per heavy atom. The van der Waals surface area contributed by atoms with Gasteiger partial charge >= 0.3 is 0 Å². The van der Waals surface area contributed by atoms with Crippen LogP contribution < -0.4 is 0 Å². The maximum Gasteiger partial charge on any atom is 0.109 e. The van der Waals surface area contributed by atoms with E-state index in [-0.39, 0.29) is 0 Å². The molecule has 1 N–H and O–H groups in total. The number of aryl methyl sites for hydroxylation is 1. The molecule has 102 valence electrons. The zero-order chi connectivity index (χ0) is 13.8. The van der Waals surface area contributed by atoms with Gasteiger partial charge in [-0.2, -0.15) is 0 Å². The number of furan rings is 1. The molecule has 2 heteroatoms. The molecule has 0 aliphatic rings. The highest BCUT2D eigenvalue weighted by atomic mass is 16.3. The Morgan fingerprint density at radius 2 is 1.68 bits per heavy atom. The van der Waals surface area contributed by atoms with Gasteiger partial charge in [0.15, 0.2) is 0 Å². The minimum atomic E-state index is -0.598. The van der Waals surface area contributed by atoms with Crippen LogP contribution in [0.4, 0.5) is 0 Å². The van der Waals surface area contributed by atoms with Crippen molar-refractivity contribution in [3.63, 3.8) is 0 Å². The summed E-state index contributed by atoms with van der Waals surface area (Å²) < 4.78 is 5.38. The number of hydrogen-bond acceptors (Lipinski definition) is 2. The molecule has 0 aliphatic carbocycles. The summed E-state index contributed by atoms with van der Waals surface area (Å²) in [4.78, 5) is 0. The summed E-state index contributed by atoms with van der Waals surface area (Å²) in [7, 11) is 0. The molecule has 1 aromatic carbocycles. The molecule has 0 aliphatic heterocycles. The van der Waals surface area contributed by atoms with E-state index >= 15 is 0 Å². The average molecular weight is 258 g/mol. The molecule has 0 bridgehead atoms. The zero-order valence-corrected chi connectivity index (χ0v) is 11.9. The summed E-state index contributed by atoms with van der Waals surface area (Å²) in [5.41, 5.74) is 3.11. The Labute approximate surface area is 115 Å². The van der Waals surface area contributed by atoms with E-state index in [0.717, 1.165) is 29.7 Å². The third-order valence-corrected chi connectivity index (χ3v) is 3.83. The zero-order valence-electron chi connectivity index (χ0n) is 11.9. The lowest BCUT2D eigenvalue weighted by Crippen LogP contribution is -2.01. The fourth-order valence-corrected chi connectivity index (χ4v) is 2.30. The maximum absolute atomic E-state index is 10.4. The van der Waals surface area contributed by atoms with Crippen molar-refractivity contribution in [1.82, 2.24) is 0 Å². The molecule has 0 amide bonds. The van der Waals surface area contributed by atoms with E-state index in [0.29, 0.717) is 5.92 Å². The average Bonchev–Trinajstić information content (AvgIpc) is 2.94. The summed E-state index contributed by atoms with van der Waals surface area (Å²) in [6.45, 7) is 6.43. The van der Waals surface area contributed by atoms with Crippen molar-refractivity contribution in [3.8, 4) is 0 Å².